The molecular formula is C16H22N4O2S. The summed E-state index contributed by atoms with van der Waals surface area (Å²) in [6.07, 6.45) is 5.03. The van der Waals surface area contributed by atoms with Crippen molar-refractivity contribution in [2.45, 2.75) is 13.1 Å². The van der Waals surface area contributed by atoms with Crippen molar-refractivity contribution in [1.82, 2.24) is 18.8 Å². The zero-order valence-electron chi connectivity index (χ0n) is 13.3. The Labute approximate surface area is 137 Å². The number of aromatic nitrogens is 2. The lowest BCUT2D eigenvalue weighted by atomic mass is 10.2. The maximum Gasteiger partial charge on any atom is 0.211 e. The van der Waals surface area contributed by atoms with Crippen LogP contribution in [0.25, 0.3) is 0 Å². The second-order valence-electron chi connectivity index (χ2n) is 5.94. The lowest BCUT2D eigenvalue weighted by Gasteiger charge is -2.33. The summed E-state index contributed by atoms with van der Waals surface area (Å²) in [5.74, 6) is 0. The minimum absolute atomic E-state index is 0.561. The molecular weight excluding hydrogens is 312 g/mol. The highest BCUT2D eigenvalue weighted by Crippen LogP contribution is 2.12. The lowest BCUT2D eigenvalue weighted by molar-refractivity contribution is 0.179. The maximum absolute atomic E-state index is 11.6. The van der Waals surface area contributed by atoms with E-state index >= 15 is 0 Å². The van der Waals surface area contributed by atoms with E-state index in [1.165, 1.54) is 11.8 Å². The van der Waals surface area contributed by atoms with Gasteiger partial charge in [-0.2, -0.15) is 4.31 Å². The van der Waals surface area contributed by atoms with Crippen LogP contribution in [0.15, 0.2) is 42.9 Å². The molecule has 1 aliphatic rings. The Kier molecular flexibility index (Phi) is 4.79. The van der Waals surface area contributed by atoms with Crippen LogP contribution in [0.2, 0.25) is 0 Å². The number of sulfonamides is 1. The van der Waals surface area contributed by atoms with Crippen molar-refractivity contribution in [3.8, 4) is 0 Å². The van der Waals surface area contributed by atoms with Crippen LogP contribution in [0, 0.1) is 0 Å². The predicted octanol–water partition coefficient (Wildman–Crippen LogP) is 1.01. The molecule has 0 amide bonds. The van der Waals surface area contributed by atoms with Gasteiger partial charge >= 0.3 is 0 Å². The summed E-state index contributed by atoms with van der Waals surface area (Å²) in [4.78, 5) is 6.55. The first kappa shape index (κ1) is 16.2. The zero-order valence-corrected chi connectivity index (χ0v) is 14.1. The van der Waals surface area contributed by atoms with Crippen LogP contribution in [-0.4, -0.2) is 59.6 Å². The summed E-state index contributed by atoms with van der Waals surface area (Å²) in [5.41, 5.74) is 2.40. The molecule has 1 saturated heterocycles. The fraction of sp³-hybridized carbons (Fsp3) is 0.438. The Bertz CT molecular complexity index is 734. The molecule has 1 aromatic carbocycles. The number of rotatable bonds is 5. The molecule has 3 rings (SSSR count). The molecule has 6 nitrogen and oxygen atoms in total. The molecule has 0 saturated carbocycles. The van der Waals surface area contributed by atoms with Crippen molar-refractivity contribution in [3.05, 3.63) is 54.1 Å². The minimum Gasteiger partial charge on any atom is -0.329 e. The second-order valence-corrected chi connectivity index (χ2v) is 7.92. The number of nitrogens with zero attached hydrogens (tertiary/aromatic N) is 4. The van der Waals surface area contributed by atoms with Crippen LogP contribution in [-0.2, 0) is 23.1 Å². The van der Waals surface area contributed by atoms with Gasteiger partial charge in [-0.25, -0.2) is 13.4 Å². The third kappa shape index (κ3) is 4.19. The summed E-state index contributed by atoms with van der Waals surface area (Å²) in [6, 6.07) is 10.3. The van der Waals surface area contributed by atoms with Crippen LogP contribution in [0.4, 0.5) is 0 Å². The SMILES string of the molecule is CS(=O)(=O)N1CCN(Cc2cncn2Cc2ccccc2)CC1. The first-order valence-corrected chi connectivity index (χ1v) is 9.57. The van der Waals surface area contributed by atoms with E-state index in [1.807, 2.05) is 30.7 Å². The minimum atomic E-state index is -3.07. The third-order valence-electron chi connectivity index (χ3n) is 4.18. The smallest absolute Gasteiger partial charge is 0.211 e. The number of hydrogen-bond donors (Lipinski definition) is 0. The average Bonchev–Trinajstić information content (AvgIpc) is 2.95. The number of benzene rings is 1. The zero-order chi connectivity index (χ0) is 16.3. The van der Waals surface area contributed by atoms with Crippen molar-refractivity contribution in [3.63, 3.8) is 0 Å². The Morgan fingerprint density at radius 3 is 2.39 bits per heavy atom. The van der Waals surface area contributed by atoms with Crippen molar-refractivity contribution in [2.75, 3.05) is 32.4 Å². The highest BCUT2D eigenvalue weighted by atomic mass is 32.2. The number of imidazole rings is 1. The fourth-order valence-electron chi connectivity index (χ4n) is 2.85. The van der Waals surface area contributed by atoms with E-state index < -0.39 is 10.0 Å². The number of piperazine rings is 1. The Morgan fingerprint density at radius 2 is 1.74 bits per heavy atom. The van der Waals surface area contributed by atoms with Crippen LogP contribution in [0.1, 0.15) is 11.3 Å². The molecule has 124 valence electrons. The van der Waals surface area contributed by atoms with Crippen LogP contribution in [0.3, 0.4) is 0 Å². The van der Waals surface area contributed by atoms with Gasteiger partial charge in [0.15, 0.2) is 0 Å². The third-order valence-corrected chi connectivity index (χ3v) is 5.48. The molecule has 0 N–H and O–H groups in total. The molecule has 1 aliphatic heterocycles. The van der Waals surface area contributed by atoms with Gasteiger partial charge in [0.05, 0.1) is 18.3 Å². The average molecular weight is 334 g/mol. The molecule has 0 aliphatic carbocycles. The van der Waals surface area contributed by atoms with E-state index in [-0.39, 0.29) is 0 Å². The Morgan fingerprint density at radius 1 is 1.04 bits per heavy atom. The summed E-state index contributed by atoms with van der Waals surface area (Å²) < 4.78 is 26.8. The van der Waals surface area contributed by atoms with Crippen LogP contribution >= 0.6 is 0 Å². The fourth-order valence-corrected chi connectivity index (χ4v) is 3.68. The standard InChI is InChI=1S/C16H22N4O2S/c1-23(21,22)20-9-7-18(8-10-20)13-16-11-17-14-19(16)12-15-5-3-2-4-6-15/h2-6,11,14H,7-10,12-13H2,1H3. The first-order chi connectivity index (χ1) is 11.0. The quantitative estimate of drug-likeness (QED) is 0.819. The van der Waals surface area contributed by atoms with Gasteiger partial charge in [0.2, 0.25) is 10.0 Å². The molecule has 1 aromatic heterocycles. The molecule has 0 unspecified atom stereocenters. The van der Waals surface area contributed by atoms with E-state index in [4.69, 9.17) is 0 Å². The van der Waals surface area contributed by atoms with Gasteiger partial charge < -0.3 is 4.57 Å². The van der Waals surface area contributed by atoms with E-state index in [1.54, 1.807) is 4.31 Å². The summed E-state index contributed by atoms with van der Waals surface area (Å²) in [5, 5.41) is 0. The monoisotopic (exact) mass is 334 g/mol. The highest BCUT2D eigenvalue weighted by Gasteiger charge is 2.23. The Balaban J connectivity index is 1.61. The topological polar surface area (TPSA) is 58.4 Å². The van der Waals surface area contributed by atoms with Gasteiger partial charge in [0.1, 0.15) is 0 Å². The van der Waals surface area contributed by atoms with E-state index in [0.717, 1.165) is 31.9 Å². The second kappa shape index (κ2) is 6.82. The molecule has 0 bridgehead atoms. The van der Waals surface area contributed by atoms with Gasteiger partial charge in [-0.3, -0.25) is 4.90 Å². The van der Waals surface area contributed by atoms with E-state index in [9.17, 15) is 8.42 Å². The molecule has 0 spiro atoms. The largest absolute Gasteiger partial charge is 0.329 e. The van der Waals surface area contributed by atoms with Crippen molar-refractivity contribution in [1.29, 1.82) is 0 Å². The van der Waals surface area contributed by atoms with Crippen molar-refractivity contribution in [2.24, 2.45) is 0 Å². The van der Waals surface area contributed by atoms with Crippen molar-refractivity contribution < 1.29 is 8.42 Å². The lowest BCUT2D eigenvalue weighted by Crippen LogP contribution is -2.48. The van der Waals surface area contributed by atoms with Gasteiger partial charge in [0.25, 0.3) is 0 Å². The maximum atomic E-state index is 11.6. The summed E-state index contributed by atoms with van der Waals surface area (Å²) >= 11 is 0. The van der Waals surface area contributed by atoms with Crippen LogP contribution in [0.5, 0.6) is 0 Å². The predicted molar refractivity (Wildman–Crippen MR) is 89.5 cm³/mol. The molecule has 23 heavy (non-hydrogen) atoms. The molecule has 1 fully saturated rings. The van der Waals surface area contributed by atoms with E-state index in [2.05, 4.69) is 26.6 Å². The molecule has 7 heteroatoms. The summed E-state index contributed by atoms with van der Waals surface area (Å²) in [7, 11) is -3.07. The molecule has 2 heterocycles. The highest BCUT2D eigenvalue weighted by molar-refractivity contribution is 7.88. The number of hydrogen-bond acceptors (Lipinski definition) is 4. The van der Waals surface area contributed by atoms with Gasteiger partial charge in [-0.1, -0.05) is 30.3 Å². The molecule has 0 radical (unpaired) electrons. The molecule has 2 aromatic rings. The van der Waals surface area contributed by atoms with Gasteiger partial charge in [-0.15, -0.1) is 0 Å². The van der Waals surface area contributed by atoms with E-state index in [0.29, 0.717) is 13.1 Å². The van der Waals surface area contributed by atoms with Crippen molar-refractivity contribution >= 4 is 10.0 Å². The van der Waals surface area contributed by atoms with Gasteiger partial charge in [0, 0.05) is 45.5 Å². The van der Waals surface area contributed by atoms with Crippen LogP contribution < -0.4 is 0 Å². The molecule has 0 atom stereocenters. The Hall–Kier alpha value is -1.70. The summed E-state index contributed by atoms with van der Waals surface area (Å²) in [6.45, 7) is 4.23. The first-order valence-electron chi connectivity index (χ1n) is 7.73. The normalized spacial score (nSPS) is 17.4. The van der Waals surface area contributed by atoms with Gasteiger partial charge in [-0.05, 0) is 5.56 Å².